The van der Waals surface area contributed by atoms with Gasteiger partial charge in [0.25, 0.3) is 0 Å². The Morgan fingerprint density at radius 1 is 1.33 bits per heavy atom. The fourth-order valence-corrected chi connectivity index (χ4v) is 1.99. The molecule has 0 fully saturated rings. The van der Waals surface area contributed by atoms with E-state index in [4.69, 9.17) is 9.26 Å². The summed E-state index contributed by atoms with van der Waals surface area (Å²) in [4.78, 5) is 11.6. The SMILES string of the molecule is CC(C)(C)OC(=O)NCc1oncc1-c1ccc(Br)cc1. The van der Waals surface area contributed by atoms with Gasteiger partial charge in [0.1, 0.15) is 5.60 Å². The highest BCUT2D eigenvalue weighted by molar-refractivity contribution is 9.10. The summed E-state index contributed by atoms with van der Waals surface area (Å²) >= 11 is 3.39. The Morgan fingerprint density at radius 2 is 2.00 bits per heavy atom. The van der Waals surface area contributed by atoms with Gasteiger partial charge in [-0.3, -0.25) is 0 Å². The Bertz CT molecular complexity index is 615. The Morgan fingerprint density at radius 3 is 2.62 bits per heavy atom. The summed E-state index contributed by atoms with van der Waals surface area (Å²) in [7, 11) is 0. The van der Waals surface area contributed by atoms with Gasteiger partial charge in [-0.2, -0.15) is 0 Å². The number of hydrogen-bond acceptors (Lipinski definition) is 4. The predicted octanol–water partition coefficient (Wildman–Crippen LogP) is 4.13. The molecule has 2 aromatic rings. The Labute approximate surface area is 131 Å². The normalized spacial score (nSPS) is 11.2. The topological polar surface area (TPSA) is 64.4 Å². The minimum absolute atomic E-state index is 0.223. The molecule has 0 spiro atoms. The Kier molecular flexibility index (Phi) is 4.67. The average Bonchev–Trinajstić information content (AvgIpc) is 2.83. The van der Waals surface area contributed by atoms with Gasteiger partial charge in [0.05, 0.1) is 12.7 Å². The van der Waals surface area contributed by atoms with E-state index in [0.29, 0.717) is 5.76 Å². The van der Waals surface area contributed by atoms with E-state index in [1.165, 1.54) is 0 Å². The van der Waals surface area contributed by atoms with Crippen molar-refractivity contribution >= 4 is 22.0 Å². The monoisotopic (exact) mass is 352 g/mol. The standard InChI is InChI=1S/C15H17BrN2O3/c1-15(2,3)20-14(19)17-9-13-12(8-18-21-13)10-4-6-11(16)7-5-10/h4-8H,9H2,1-3H3,(H,17,19). The summed E-state index contributed by atoms with van der Waals surface area (Å²) in [5, 5.41) is 6.45. The Balaban J connectivity index is 2.04. The van der Waals surface area contributed by atoms with Gasteiger partial charge in [-0.1, -0.05) is 33.2 Å². The van der Waals surface area contributed by atoms with Crippen LogP contribution in [0.5, 0.6) is 0 Å². The zero-order valence-corrected chi connectivity index (χ0v) is 13.7. The lowest BCUT2D eigenvalue weighted by atomic mass is 10.1. The van der Waals surface area contributed by atoms with Crippen molar-refractivity contribution in [3.63, 3.8) is 0 Å². The van der Waals surface area contributed by atoms with E-state index in [9.17, 15) is 4.79 Å². The molecule has 1 aromatic carbocycles. The highest BCUT2D eigenvalue weighted by Crippen LogP contribution is 2.25. The highest BCUT2D eigenvalue weighted by Gasteiger charge is 2.17. The molecule has 0 saturated heterocycles. The van der Waals surface area contributed by atoms with Gasteiger partial charge in [0.2, 0.25) is 0 Å². The van der Waals surface area contributed by atoms with Gasteiger partial charge >= 0.3 is 6.09 Å². The number of amides is 1. The minimum atomic E-state index is -0.528. The summed E-state index contributed by atoms with van der Waals surface area (Å²) in [5.41, 5.74) is 1.29. The molecule has 1 heterocycles. The van der Waals surface area contributed by atoms with Gasteiger partial charge in [0, 0.05) is 10.0 Å². The van der Waals surface area contributed by atoms with Gasteiger partial charge in [-0.25, -0.2) is 4.79 Å². The van der Waals surface area contributed by atoms with Gasteiger partial charge in [-0.05, 0) is 38.5 Å². The fraction of sp³-hybridized carbons (Fsp3) is 0.333. The van der Waals surface area contributed by atoms with E-state index < -0.39 is 11.7 Å². The molecule has 0 aliphatic heterocycles. The van der Waals surface area contributed by atoms with Crippen LogP contribution < -0.4 is 5.32 Å². The Hall–Kier alpha value is -1.82. The van der Waals surface area contributed by atoms with Crippen molar-refractivity contribution in [3.8, 4) is 11.1 Å². The summed E-state index contributed by atoms with van der Waals surface area (Å²) in [5.74, 6) is 0.586. The molecule has 0 bridgehead atoms. The van der Waals surface area contributed by atoms with Crippen LogP contribution in [0.4, 0.5) is 4.79 Å². The van der Waals surface area contributed by atoms with Crippen LogP contribution in [0.1, 0.15) is 26.5 Å². The minimum Gasteiger partial charge on any atom is -0.444 e. The van der Waals surface area contributed by atoms with E-state index in [-0.39, 0.29) is 6.54 Å². The number of nitrogens with zero attached hydrogens (tertiary/aromatic N) is 1. The van der Waals surface area contributed by atoms with Crippen LogP contribution in [-0.2, 0) is 11.3 Å². The van der Waals surface area contributed by atoms with Gasteiger partial charge < -0.3 is 14.6 Å². The van der Waals surface area contributed by atoms with E-state index in [1.54, 1.807) is 6.20 Å². The van der Waals surface area contributed by atoms with Crippen molar-refractivity contribution in [3.05, 3.63) is 40.7 Å². The van der Waals surface area contributed by atoms with Crippen molar-refractivity contribution in [2.45, 2.75) is 32.9 Å². The largest absolute Gasteiger partial charge is 0.444 e. The number of nitrogens with one attached hydrogen (secondary N) is 1. The number of halogens is 1. The van der Waals surface area contributed by atoms with Crippen LogP contribution in [0.25, 0.3) is 11.1 Å². The molecule has 21 heavy (non-hydrogen) atoms. The molecular formula is C15H17BrN2O3. The lowest BCUT2D eigenvalue weighted by Gasteiger charge is -2.19. The van der Waals surface area contributed by atoms with Crippen LogP contribution >= 0.6 is 15.9 Å². The number of benzene rings is 1. The summed E-state index contributed by atoms with van der Waals surface area (Å²) < 4.78 is 11.4. The summed E-state index contributed by atoms with van der Waals surface area (Å²) in [6.45, 7) is 5.66. The quantitative estimate of drug-likeness (QED) is 0.901. The van der Waals surface area contributed by atoms with E-state index in [0.717, 1.165) is 15.6 Å². The predicted molar refractivity (Wildman–Crippen MR) is 82.7 cm³/mol. The molecule has 0 unspecified atom stereocenters. The highest BCUT2D eigenvalue weighted by atomic mass is 79.9. The van der Waals surface area contributed by atoms with E-state index >= 15 is 0 Å². The van der Waals surface area contributed by atoms with Crippen LogP contribution in [0.3, 0.4) is 0 Å². The van der Waals surface area contributed by atoms with Crippen molar-refractivity contribution in [1.82, 2.24) is 10.5 Å². The number of ether oxygens (including phenoxy) is 1. The lowest BCUT2D eigenvalue weighted by Crippen LogP contribution is -2.32. The number of hydrogen-bond donors (Lipinski definition) is 1. The molecule has 1 amide bonds. The van der Waals surface area contributed by atoms with E-state index in [2.05, 4.69) is 26.4 Å². The number of rotatable bonds is 3. The first-order valence-electron chi connectivity index (χ1n) is 6.51. The molecule has 0 atom stereocenters. The maximum atomic E-state index is 11.6. The zero-order chi connectivity index (χ0) is 15.5. The maximum Gasteiger partial charge on any atom is 0.408 e. The van der Waals surface area contributed by atoms with Crippen molar-refractivity contribution in [2.75, 3.05) is 0 Å². The van der Waals surface area contributed by atoms with Crippen molar-refractivity contribution in [1.29, 1.82) is 0 Å². The molecule has 0 aliphatic rings. The second kappa shape index (κ2) is 6.30. The average molecular weight is 353 g/mol. The second-order valence-electron chi connectivity index (χ2n) is 5.52. The first-order chi connectivity index (χ1) is 9.85. The molecule has 5 nitrogen and oxygen atoms in total. The zero-order valence-electron chi connectivity index (χ0n) is 12.1. The van der Waals surface area contributed by atoms with E-state index in [1.807, 2.05) is 45.0 Å². The van der Waals surface area contributed by atoms with Gasteiger partial charge in [-0.15, -0.1) is 0 Å². The maximum absolute atomic E-state index is 11.6. The van der Waals surface area contributed by atoms with Crippen molar-refractivity contribution in [2.24, 2.45) is 0 Å². The van der Waals surface area contributed by atoms with Crippen LogP contribution in [0.15, 0.2) is 39.5 Å². The number of aromatic nitrogens is 1. The summed E-state index contributed by atoms with van der Waals surface area (Å²) in [6.07, 6.45) is 1.15. The third kappa shape index (κ3) is 4.60. The molecule has 1 N–H and O–H groups in total. The molecule has 2 rings (SSSR count). The molecule has 1 aromatic heterocycles. The molecule has 0 aliphatic carbocycles. The number of alkyl carbamates (subject to hydrolysis) is 1. The number of carbonyl (C=O) groups is 1. The summed E-state index contributed by atoms with van der Waals surface area (Å²) in [6, 6.07) is 7.78. The molecule has 6 heteroatoms. The van der Waals surface area contributed by atoms with Crippen LogP contribution in [0, 0.1) is 0 Å². The van der Waals surface area contributed by atoms with Crippen molar-refractivity contribution < 1.29 is 14.1 Å². The molecule has 112 valence electrons. The molecular weight excluding hydrogens is 336 g/mol. The lowest BCUT2D eigenvalue weighted by molar-refractivity contribution is 0.0519. The second-order valence-corrected chi connectivity index (χ2v) is 6.44. The first-order valence-corrected chi connectivity index (χ1v) is 7.31. The molecule has 0 saturated carbocycles. The van der Waals surface area contributed by atoms with Crippen LogP contribution in [-0.4, -0.2) is 16.9 Å². The third-order valence-corrected chi connectivity index (χ3v) is 3.12. The van der Waals surface area contributed by atoms with Gasteiger partial charge in [0.15, 0.2) is 5.76 Å². The fourth-order valence-electron chi connectivity index (χ4n) is 1.72. The number of carbonyl (C=O) groups excluding carboxylic acids is 1. The molecule has 0 radical (unpaired) electrons. The van der Waals surface area contributed by atoms with Crippen LogP contribution in [0.2, 0.25) is 0 Å². The smallest absolute Gasteiger partial charge is 0.408 e. The third-order valence-electron chi connectivity index (χ3n) is 2.59. The first kappa shape index (κ1) is 15.6.